The maximum absolute atomic E-state index is 12.6. The average molecular weight is 334 g/mol. The Labute approximate surface area is 144 Å². The van der Waals surface area contributed by atoms with Crippen molar-refractivity contribution in [2.75, 3.05) is 19.7 Å². The van der Waals surface area contributed by atoms with Crippen molar-refractivity contribution in [2.24, 2.45) is 29.1 Å². The molecule has 1 spiro atoms. The molecular formula is C19H30N2O3. The van der Waals surface area contributed by atoms with Crippen molar-refractivity contribution in [1.82, 2.24) is 10.2 Å². The maximum Gasteiger partial charge on any atom is 0.317 e. The van der Waals surface area contributed by atoms with Gasteiger partial charge in [-0.3, -0.25) is 0 Å². The SMILES string of the molecule is CCO[C@@H]1C[C@@H](O)C12CCN(C(=O)NC1[C@@H]3[C@H]4CC[C@@H](C4)[C@H]13)CC2. The number of nitrogens with zero attached hydrogens (tertiary/aromatic N) is 1. The highest BCUT2D eigenvalue weighted by atomic mass is 16.5. The summed E-state index contributed by atoms with van der Waals surface area (Å²) in [6.45, 7) is 4.22. The van der Waals surface area contributed by atoms with Gasteiger partial charge in [-0.25, -0.2) is 4.79 Å². The second-order valence-electron chi connectivity index (χ2n) is 8.88. The van der Waals surface area contributed by atoms with E-state index in [9.17, 15) is 9.90 Å². The lowest BCUT2D eigenvalue weighted by Crippen LogP contribution is -2.63. The van der Waals surface area contributed by atoms with Crippen LogP contribution in [0, 0.1) is 29.1 Å². The first-order valence-corrected chi connectivity index (χ1v) is 9.99. The lowest BCUT2D eigenvalue weighted by molar-refractivity contribution is -0.207. The van der Waals surface area contributed by atoms with Crippen LogP contribution in [0.25, 0.3) is 0 Å². The second kappa shape index (κ2) is 5.34. The summed E-state index contributed by atoms with van der Waals surface area (Å²) >= 11 is 0. The predicted octanol–water partition coefficient (Wildman–Crippen LogP) is 1.99. The molecule has 0 aromatic rings. The van der Waals surface area contributed by atoms with Crippen LogP contribution < -0.4 is 5.32 Å². The first-order valence-electron chi connectivity index (χ1n) is 9.99. The molecule has 7 atom stereocenters. The number of piperidine rings is 1. The zero-order valence-corrected chi connectivity index (χ0v) is 14.6. The molecule has 1 unspecified atom stereocenters. The summed E-state index contributed by atoms with van der Waals surface area (Å²) in [6.07, 6.45) is 6.63. The Kier molecular flexibility index (Phi) is 3.44. The van der Waals surface area contributed by atoms with Crippen molar-refractivity contribution in [1.29, 1.82) is 0 Å². The number of amides is 2. The number of rotatable bonds is 3. The lowest BCUT2D eigenvalue weighted by Gasteiger charge is -2.56. The Morgan fingerprint density at radius 1 is 1.21 bits per heavy atom. The predicted molar refractivity (Wildman–Crippen MR) is 89.4 cm³/mol. The number of aliphatic hydroxyl groups is 1. The van der Waals surface area contributed by atoms with Crippen molar-refractivity contribution < 1.29 is 14.6 Å². The van der Waals surface area contributed by atoms with Crippen molar-refractivity contribution in [3.05, 3.63) is 0 Å². The van der Waals surface area contributed by atoms with Crippen LogP contribution in [0.2, 0.25) is 0 Å². The van der Waals surface area contributed by atoms with E-state index in [0.29, 0.717) is 12.6 Å². The molecule has 1 saturated heterocycles. The van der Waals surface area contributed by atoms with E-state index in [1.54, 1.807) is 0 Å². The third-order valence-corrected chi connectivity index (χ3v) is 8.12. The average Bonchev–Trinajstić information content (AvgIpc) is 2.97. The lowest BCUT2D eigenvalue weighted by atomic mass is 9.58. The van der Waals surface area contributed by atoms with Gasteiger partial charge in [-0.05, 0) is 62.7 Å². The minimum absolute atomic E-state index is 0.0953. The number of ether oxygens (including phenoxy) is 1. The quantitative estimate of drug-likeness (QED) is 0.830. The highest BCUT2D eigenvalue weighted by Crippen LogP contribution is 2.65. The molecule has 0 radical (unpaired) electrons. The largest absolute Gasteiger partial charge is 0.392 e. The molecular weight excluding hydrogens is 304 g/mol. The maximum atomic E-state index is 12.6. The highest BCUT2D eigenvalue weighted by Gasteiger charge is 2.65. The van der Waals surface area contributed by atoms with Crippen LogP contribution in [0.1, 0.15) is 45.4 Å². The molecule has 4 aliphatic carbocycles. The number of hydrogen-bond acceptors (Lipinski definition) is 3. The Morgan fingerprint density at radius 2 is 1.88 bits per heavy atom. The fourth-order valence-corrected chi connectivity index (χ4v) is 6.70. The summed E-state index contributed by atoms with van der Waals surface area (Å²) in [4.78, 5) is 14.6. The fourth-order valence-electron chi connectivity index (χ4n) is 6.70. The van der Waals surface area contributed by atoms with Crippen LogP contribution in [-0.4, -0.2) is 54.0 Å². The van der Waals surface area contributed by atoms with Crippen molar-refractivity contribution >= 4 is 6.03 Å². The zero-order valence-electron chi connectivity index (χ0n) is 14.6. The summed E-state index contributed by atoms with van der Waals surface area (Å²) < 4.78 is 5.81. The van der Waals surface area contributed by atoms with Gasteiger partial charge in [0.05, 0.1) is 12.2 Å². The van der Waals surface area contributed by atoms with Gasteiger partial charge in [0.1, 0.15) is 0 Å². The minimum atomic E-state index is -0.252. The molecule has 4 saturated carbocycles. The molecule has 1 heterocycles. The molecule has 2 bridgehead atoms. The van der Waals surface area contributed by atoms with Gasteiger partial charge in [-0.15, -0.1) is 0 Å². The molecule has 1 aliphatic heterocycles. The summed E-state index contributed by atoms with van der Waals surface area (Å²) in [7, 11) is 0. The second-order valence-corrected chi connectivity index (χ2v) is 8.88. The number of aliphatic hydroxyl groups excluding tert-OH is 1. The topological polar surface area (TPSA) is 61.8 Å². The van der Waals surface area contributed by atoms with Gasteiger partial charge in [0.25, 0.3) is 0 Å². The van der Waals surface area contributed by atoms with Crippen molar-refractivity contribution in [3.8, 4) is 0 Å². The Hall–Kier alpha value is -0.810. The molecule has 134 valence electrons. The minimum Gasteiger partial charge on any atom is -0.392 e. The summed E-state index contributed by atoms with van der Waals surface area (Å²) in [6, 6.07) is 0.593. The van der Waals surface area contributed by atoms with E-state index in [1.807, 2.05) is 11.8 Å². The van der Waals surface area contributed by atoms with Crippen LogP contribution in [0.15, 0.2) is 0 Å². The van der Waals surface area contributed by atoms with E-state index in [0.717, 1.165) is 56.0 Å². The van der Waals surface area contributed by atoms with Gasteiger partial charge >= 0.3 is 6.03 Å². The number of nitrogens with one attached hydrogen (secondary N) is 1. The van der Waals surface area contributed by atoms with Gasteiger partial charge in [-0.1, -0.05) is 0 Å². The van der Waals surface area contributed by atoms with Crippen LogP contribution in [-0.2, 0) is 4.74 Å². The number of hydrogen-bond donors (Lipinski definition) is 2. The van der Waals surface area contributed by atoms with Crippen molar-refractivity contribution in [2.45, 2.75) is 63.7 Å². The molecule has 2 N–H and O–H groups in total. The van der Waals surface area contributed by atoms with Gasteiger partial charge < -0.3 is 20.1 Å². The molecule has 5 fully saturated rings. The molecule has 0 aromatic heterocycles. The van der Waals surface area contributed by atoms with Crippen LogP contribution in [0.3, 0.4) is 0 Å². The van der Waals surface area contributed by atoms with Crippen LogP contribution >= 0.6 is 0 Å². The van der Waals surface area contributed by atoms with Gasteiger partial charge in [0.2, 0.25) is 0 Å². The Morgan fingerprint density at radius 3 is 2.46 bits per heavy atom. The van der Waals surface area contributed by atoms with Crippen LogP contribution in [0.4, 0.5) is 4.79 Å². The molecule has 5 aliphatic rings. The molecule has 5 heteroatoms. The van der Waals surface area contributed by atoms with Gasteiger partial charge in [0.15, 0.2) is 0 Å². The molecule has 2 amide bonds. The summed E-state index contributed by atoms with van der Waals surface area (Å²) in [5.41, 5.74) is -0.0953. The zero-order chi connectivity index (χ0) is 16.5. The van der Waals surface area contributed by atoms with E-state index in [1.165, 1.54) is 19.3 Å². The third kappa shape index (κ3) is 2.03. The fraction of sp³-hybridized carbons (Fsp3) is 0.947. The number of likely N-dealkylation sites (tertiary alicyclic amines) is 1. The first kappa shape index (κ1) is 15.4. The van der Waals surface area contributed by atoms with E-state index < -0.39 is 0 Å². The van der Waals surface area contributed by atoms with E-state index >= 15 is 0 Å². The molecule has 24 heavy (non-hydrogen) atoms. The first-order chi connectivity index (χ1) is 11.6. The number of fused-ring (bicyclic) bond motifs is 5. The Bertz CT molecular complexity index is 513. The van der Waals surface area contributed by atoms with Gasteiger partial charge in [-0.2, -0.15) is 0 Å². The van der Waals surface area contributed by atoms with Gasteiger partial charge in [0, 0.05) is 37.6 Å². The molecule has 0 aromatic carbocycles. The van der Waals surface area contributed by atoms with Crippen LogP contribution in [0.5, 0.6) is 0 Å². The number of urea groups is 1. The molecule has 5 nitrogen and oxygen atoms in total. The van der Waals surface area contributed by atoms with E-state index in [4.69, 9.17) is 4.74 Å². The molecule has 5 rings (SSSR count). The highest BCUT2D eigenvalue weighted by molar-refractivity contribution is 5.75. The third-order valence-electron chi connectivity index (χ3n) is 8.12. The van der Waals surface area contributed by atoms with E-state index in [-0.39, 0.29) is 23.7 Å². The monoisotopic (exact) mass is 334 g/mol. The standard InChI is InChI=1S/C19H30N2O3/c1-2-24-14-10-13(22)19(14)5-7-21(8-6-19)18(23)20-17-15-11-3-4-12(9-11)16(15)17/h11-17,22H,2-10H2,1H3,(H,20,23)/t11-,12-,13+,14+,15-,16+,17?/m0/s1. The smallest absolute Gasteiger partial charge is 0.317 e. The number of carbonyl (C=O) groups is 1. The van der Waals surface area contributed by atoms with Crippen molar-refractivity contribution in [3.63, 3.8) is 0 Å². The number of carbonyl (C=O) groups excluding carboxylic acids is 1. The summed E-state index contributed by atoms with van der Waals surface area (Å²) in [5.74, 6) is 3.37. The Balaban J connectivity index is 1.15. The normalized spacial score (nSPS) is 47.4. The van der Waals surface area contributed by atoms with E-state index in [2.05, 4.69) is 5.32 Å². The summed E-state index contributed by atoms with van der Waals surface area (Å²) in [5, 5.41) is 13.6.